The van der Waals surface area contributed by atoms with Gasteiger partial charge in [-0.25, -0.2) is 23.1 Å². The lowest BCUT2D eigenvalue weighted by atomic mass is 9.86. The number of anilines is 3. The number of nitrogens with zero attached hydrogens (tertiary/aromatic N) is 2. The summed E-state index contributed by atoms with van der Waals surface area (Å²) in [7, 11) is -3.52. The zero-order chi connectivity index (χ0) is 27.2. The van der Waals surface area contributed by atoms with Crippen LogP contribution in [0.4, 0.5) is 17.2 Å². The van der Waals surface area contributed by atoms with Gasteiger partial charge in [0, 0.05) is 46.1 Å². The monoisotopic (exact) mass is 537 g/mol. The predicted octanol–water partition coefficient (Wildman–Crippen LogP) is 4.83. The Bertz CT molecular complexity index is 1780. The van der Waals surface area contributed by atoms with Crippen molar-refractivity contribution in [3.05, 3.63) is 83.8 Å². The van der Waals surface area contributed by atoms with Crippen molar-refractivity contribution in [1.29, 1.82) is 0 Å². The normalized spacial score (nSPS) is 16.1. The highest BCUT2D eigenvalue weighted by Gasteiger charge is 2.38. The van der Waals surface area contributed by atoms with Crippen LogP contribution in [0.2, 0.25) is 0 Å². The van der Waals surface area contributed by atoms with Crippen molar-refractivity contribution in [2.24, 2.45) is 0 Å². The average molecular weight is 538 g/mol. The maximum absolute atomic E-state index is 12.6. The number of nitrogens with one attached hydrogen (secondary N) is 3. The van der Waals surface area contributed by atoms with E-state index in [4.69, 9.17) is 0 Å². The molecule has 2 aliphatic rings. The van der Waals surface area contributed by atoms with Crippen LogP contribution in [0.5, 0.6) is 0 Å². The van der Waals surface area contributed by atoms with Crippen LogP contribution in [0.25, 0.3) is 10.8 Å². The third-order valence-electron chi connectivity index (χ3n) is 7.35. The highest BCUT2D eigenvalue weighted by molar-refractivity contribution is 7.89. The molecule has 1 aliphatic heterocycles. The van der Waals surface area contributed by atoms with E-state index in [0.29, 0.717) is 17.2 Å². The number of rotatable bonds is 5. The first kappa shape index (κ1) is 25.0. The molecular weight excluding hydrogens is 510 g/mol. The third-order valence-corrected chi connectivity index (χ3v) is 8.88. The first-order valence-electron chi connectivity index (χ1n) is 12.8. The summed E-state index contributed by atoms with van der Waals surface area (Å²) < 4.78 is 27.9. The molecular formula is C30H27N5O3S. The number of hydrogen-bond acceptors (Lipinski definition) is 6. The smallest absolute Gasteiger partial charge is 0.240 e. The van der Waals surface area contributed by atoms with Gasteiger partial charge < -0.3 is 10.6 Å². The number of sulfonamides is 1. The Kier molecular flexibility index (Phi) is 6.09. The van der Waals surface area contributed by atoms with Gasteiger partial charge in [0.25, 0.3) is 0 Å². The summed E-state index contributed by atoms with van der Waals surface area (Å²) in [6, 6.07) is 16.2. The molecule has 1 amide bonds. The molecule has 3 heterocycles. The molecule has 0 atom stereocenters. The molecule has 1 fully saturated rings. The van der Waals surface area contributed by atoms with Gasteiger partial charge in [-0.3, -0.25) is 4.79 Å². The van der Waals surface area contributed by atoms with Crippen molar-refractivity contribution in [2.75, 3.05) is 10.6 Å². The van der Waals surface area contributed by atoms with Crippen molar-refractivity contribution in [3.8, 4) is 11.8 Å². The van der Waals surface area contributed by atoms with Gasteiger partial charge >= 0.3 is 0 Å². The van der Waals surface area contributed by atoms with Crippen molar-refractivity contribution in [1.82, 2.24) is 14.7 Å². The van der Waals surface area contributed by atoms with Crippen LogP contribution < -0.4 is 15.4 Å². The van der Waals surface area contributed by atoms with Crippen LogP contribution in [0.15, 0.2) is 71.9 Å². The summed E-state index contributed by atoms with van der Waals surface area (Å²) in [6.07, 6.45) is 6.28. The summed E-state index contributed by atoms with van der Waals surface area (Å²) in [6.45, 7) is 3.81. The van der Waals surface area contributed by atoms with Crippen molar-refractivity contribution in [2.45, 2.75) is 49.5 Å². The molecule has 1 saturated carbocycles. The molecule has 196 valence electrons. The van der Waals surface area contributed by atoms with Crippen molar-refractivity contribution < 1.29 is 13.2 Å². The van der Waals surface area contributed by atoms with Gasteiger partial charge in [0.1, 0.15) is 11.5 Å². The van der Waals surface area contributed by atoms with Gasteiger partial charge in [-0.15, -0.1) is 0 Å². The minimum atomic E-state index is -3.52. The minimum Gasteiger partial charge on any atom is -0.340 e. The maximum Gasteiger partial charge on any atom is 0.240 e. The van der Waals surface area contributed by atoms with Gasteiger partial charge in [0.05, 0.1) is 10.3 Å². The largest absolute Gasteiger partial charge is 0.340 e. The molecule has 1 aliphatic carbocycles. The Hall–Kier alpha value is -4.26. The molecule has 8 nitrogen and oxygen atoms in total. The van der Waals surface area contributed by atoms with Crippen LogP contribution in [-0.2, 0) is 20.2 Å². The molecule has 0 bridgehead atoms. The third kappa shape index (κ3) is 4.85. The second-order valence-electron chi connectivity index (χ2n) is 10.4. The van der Waals surface area contributed by atoms with E-state index < -0.39 is 15.4 Å². The lowest BCUT2D eigenvalue weighted by Gasteiger charge is -2.26. The second-order valence-corrected chi connectivity index (χ2v) is 12.2. The number of aromatic nitrogens is 2. The summed E-state index contributed by atoms with van der Waals surface area (Å²) in [5, 5.41) is 7.90. The quantitative estimate of drug-likeness (QED) is 0.314. The van der Waals surface area contributed by atoms with E-state index in [9.17, 15) is 13.2 Å². The van der Waals surface area contributed by atoms with E-state index in [1.807, 2.05) is 44.2 Å². The Morgan fingerprint density at radius 2 is 1.79 bits per heavy atom. The Labute approximate surface area is 227 Å². The number of hydrogen-bond donors (Lipinski definition) is 3. The predicted molar refractivity (Wildman–Crippen MR) is 151 cm³/mol. The maximum atomic E-state index is 12.6. The van der Waals surface area contributed by atoms with Crippen LogP contribution in [0.3, 0.4) is 0 Å². The molecule has 2 aromatic carbocycles. The van der Waals surface area contributed by atoms with E-state index in [1.165, 1.54) is 0 Å². The van der Waals surface area contributed by atoms with Crippen LogP contribution in [-0.4, -0.2) is 30.3 Å². The summed E-state index contributed by atoms with van der Waals surface area (Å²) in [5.41, 5.74) is 3.28. The molecule has 2 aromatic heterocycles. The molecule has 6 rings (SSSR count). The van der Waals surface area contributed by atoms with Crippen molar-refractivity contribution in [3.63, 3.8) is 0 Å². The Morgan fingerprint density at radius 1 is 1.00 bits per heavy atom. The molecule has 3 N–H and O–H groups in total. The molecule has 0 spiro atoms. The Morgan fingerprint density at radius 3 is 2.54 bits per heavy atom. The standard InChI is InChI=1S/C30H27N5O3S/c1-30(2)25-12-6-19(16-27(25)34-29(30)36)7-13-26-24-17-28(32-18-20(24)14-15-31-26)33-21-8-10-23(11-9-21)39(37,38)35-22-4-3-5-22/h6,8-12,14-18,22,35H,3-5H2,1-2H3,(H,32,33)(H,34,36). The van der Waals surface area contributed by atoms with E-state index >= 15 is 0 Å². The molecule has 0 unspecified atom stereocenters. The van der Waals surface area contributed by atoms with E-state index in [0.717, 1.165) is 46.8 Å². The van der Waals surface area contributed by atoms with Gasteiger partial charge in [0.2, 0.25) is 15.9 Å². The number of fused-ring (bicyclic) bond motifs is 2. The average Bonchev–Trinajstić information content (AvgIpc) is 3.12. The lowest BCUT2D eigenvalue weighted by molar-refractivity contribution is -0.119. The van der Waals surface area contributed by atoms with Gasteiger partial charge in [-0.05, 0) is 86.7 Å². The van der Waals surface area contributed by atoms with Crippen molar-refractivity contribution >= 4 is 43.9 Å². The second kappa shape index (κ2) is 9.49. The zero-order valence-electron chi connectivity index (χ0n) is 21.6. The Balaban J connectivity index is 1.23. The fourth-order valence-corrected chi connectivity index (χ4v) is 6.02. The topological polar surface area (TPSA) is 113 Å². The number of amides is 1. The van der Waals surface area contributed by atoms with E-state index in [2.05, 4.69) is 37.2 Å². The van der Waals surface area contributed by atoms with E-state index in [-0.39, 0.29) is 16.8 Å². The summed E-state index contributed by atoms with van der Waals surface area (Å²) in [5.74, 6) is 6.90. The first-order valence-corrected chi connectivity index (χ1v) is 14.3. The molecule has 4 aromatic rings. The highest BCUT2D eigenvalue weighted by Crippen LogP contribution is 2.37. The van der Waals surface area contributed by atoms with Gasteiger partial charge in [-0.1, -0.05) is 18.4 Å². The molecule has 9 heteroatoms. The number of carbonyl (C=O) groups is 1. The lowest BCUT2D eigenvalue weighted by Crippen LogP contribution is -2.39. The van der Waals surface area contributed by atoms with Crippen LogP contribution >= 0.6 is 0 Å². The van der Waals surface area contributed by atoms with Gasteiger partial charge in [0.15, 0.2) is 0 Å². The SMILES string of the molecule is CC1(C)C(=O)Nc2cc(C#Cc3nccc4cnc(Nc5ccc(S(=O)(=O)NC6CCC6)cc5)cc34)ccc21. The number of benzene rings is 2. The van der Waals surface area contributed by atoms with Gasteiger partial charge in [-0.2, -0.15) is 0 Å². The van der Waals surface area contributed by atoms with Crippen LogP contribution in [0.1, 0.15) is 49.9 Å². The molecule has 0 saturated heterocycles. The minimum absolute atomic E-state index is 0.0209. The fourth-order valence-electron chi connectivity index (χ4n) is 4.71. The first-order chi connectivity index (χ1) is 18.7. The summed E-state index contributed by atoms with van der Waals surface area (Å²) >= 11 is 0. The highest BCUT2D eigenvalue weighted by atomic mass is 32.2. The number of carbonyl (C=O) groups excluding carboxylic acids is 1. The molecule has 0 radical (unpaired) electrons. The van der Waals surface area contributed by atoms with Crippen LogP contribution in [0, 0.1) is 11.8 Å². The fraction of sp³-hybridized carbons (Fsp3) is 0.233. The molecule has 39 heavy (non-hydrogen) atoms. The van der Waals surface area contributed by atoms with E-state index in [1.54, 1.807) is 36.7 Å². The number of pyridine rings is 2. The zero-order valence-corrected chi connectivity index (χ0v) is 22.4. The summed E-state index contributed by atoms with van der Waals surface area (Å²) in [4.78, 5) is 21.5.